The summed E-state index contributed by atoms with van der Waals surface area (Å²) in [7, 11) is 2.65. The molecule has 0 bridgehead atoms. The Hall–Kier alpha value is -3.46. The number of hydrogen-bond donors (Lipinski definition) is 3. The number of aromatic amines is 1. The maximum absolute atomic E-state index is 14.8. The largest absolute Gasteiger partial charge is 0.494 e. The number of pyridine rings is 1. The highest BCUT2D eigenvalue weighted by molar-refractivity contribution is 6.10. The molecule has 0 amide bonds. The van der Waals surface area contributed by atoms with E-state index < -0.39 is 11.6 Å². The summed E-state index contributed by atoms with van der Waals surface area (Å²) in [6.45, 7) is 2.68. The number of allylic oxidation sites excluding steroid dienone is 1. The van der Waals surface area contributed by atoms with Gasteiger partial charge in [0.15, 0.2) is 23.1 Å². The second-order valence-electron chi connectivity index (χ2n) is 7.64. The van der Waals surface area contributed by atoms with Crippen LogP contribution in [0.5, 0.6) is 11.5 Å². The Morgan fingerprint density at radius 2 is 1.94 bits per heavy atom. The number of methoxy groups -OCH3 is 2. The minimum Gasteiger partial charge on any atom is -0.494 e. The average molecular weight is 441 g/mol. The first-order valence-corrected chi connectivity index (χ1v) is 10.2. The van der Waals surface area contributed by atoms with Crippen LogP contribution in [0.4, 0.5) is 8.78 Å². The number of rotatable bonds is 8. The van der Waals surface area contributed by atoms with Crippen LogP contribution in [-0.2, 0) is 6.42 Å². The van der Waals surface area contributed by atoms with E-state index in [2.05, 4.69) is 20.3 Å². The van der Waals surface area contributed by atoms with Crippen molar-refractivity contribution >= 4 is 22.8 Å². The van der Waals surface area contributed by atoms with E-state index in [1.165, 1.54) is 26.5 Å². The van der Waals surface area contributed by atoms with Gasteiger partial charge in [0.25, 0.3) is 0 Å². The molecular weight excluding hydrogens is 416 g/mol. The number of ether oxygens (including phenoxy) is 2. The molecule has 0 saturated carbocycles. The third-order valence-electron chi connectivity index (χ3n) is 5.62. The summed E-state index contributed by atoms with van der Waals surface area (Å²) in [5, 5.41) is 3.95. The molecule has 3 heterocycles. The Labute approximate surface area is 184 Å². The number of nitrogens with one attached hydrogen (secondary N) is 2. The van der Waals surface area contributed by atoms with Gasteiger partial charge in [-0.3, -0.25) is 4.99 Å². The summed E-state index contributed by atoms with van der Waals surface area (Å²) < 4.78 is 39.8. The van der Waals surface area contributed by atoms with E-state index in [1.54, 1.807) is 18.6 Å². The first kappa shape index (κ1) is 21.8. The molecule has 4 N–H and O–H groups in total. The summed E-state index contributed by atoms with van der Waals surface area (Å²) in [6.07, 6.45) is 6.58. The van der Waals surface area contributed by atoms with Crippen molar-refractivity contribution in [2.75, 3.05) is 33.9 Å². The summed E-state index contributed by atoms with van der Waals surface area (Å²) in [4.78, 5) is 12.0. The zero-order chi connectivity index (χ0) is 22.7. The third kappa shape index (κ3) is 4.16. The van der Waals surface area contributed by atoms with Gasteiger partial charge in [-0.15, -0.1) is 0 Å². The van der Waals surface area contributed by atoms with Crippen LogP contribution >= 0.6 is 0 Å². The molecule has 1 fully saturated rings. The maximum Gasteiger partial charge on any atom is 0.171 e. The summed E-state index contributed by atoms with van der Waals surface area (Å²) in [6, 6.07) is 3.08. The molecule has 1 aliphatic heterocycles. The van der Waals surface area contributed by atoms with Crippen LogP contribution in [0, 0.1) is 17.6 Å². The number of H-pyrrole nitrogens is 1. The lowest BCUT2D eigenvalue weighted by molar-refractivity contribution is 0.354. The second kappa shape index (κ2) is 9.35. The lowest BCUT2D eigenvalue weighted by Crippen LogP contribution is -2.43. The highest BCUT2D eigenvalue weighted by Crippen LogP contribution is 2.34. The quantitative estimate of drug-likeness (QED) is 0.467. The van der Waals surface area contributed by atoms with E-state index >= 15 is 0 Å². The normalized spacial score (nSPS) is 14.8. The number of aromatic nitrogens is 2. The van der Waals surface area contributed by atoms with Crippen LogP contribution < -0.4 is 20.5 Å². The molecule has 2 aromatic heterocycles. The SMILES string of the molecule is COc1cc(OC)c(F)c(Cc2c[nH]c3ncc(C(C=NCC4CNC4)=CN)cc23)c1F. The van der Waals surface area contributed by atoms with E-state index in [9.17, 15) is 8.78 Å². The molecule has 4 rings (SSSR count). The van der Waals surface area contributed by atoms with Gasteiger partial charge in [-0.05, 0) is 11.6 Å². The molecule has 0 radical (unpaired) electrons. The van der Waals surface area contributed by atoms with Gasteiger partial charge >= 0.3 is 0 Å². The molecule has 7 nitrogen and oxygen atoms in total. The van der Waals surface area contributed by atoms with E-state index in [0.29, 0.717) is 17.1 Å². The fourth-order valence-electron chi connectivity index (χ4n) is 3.64. The monoisotopic (exact) mass is 441 g/mol. The summed E-state index contributed by atoms with van der Waals surface area (Å²) in [5.41, 5.74) is 8.45. The van der Waals surface area contributed by atoms with E-state index in [1.807, 2.05) is 6.07 Å². The molecule has 1 aromatic carbocycles. The molecule has 168 valence electrons. The van der Waals surface area contributed by atoms with Crippen molar-refractivity contribution < 1.29 is 18.3 Å². The fraction of sp³-hybridized carbons (Fsp3) is 0.304. The van der Waals surface area contributed by atoms with Gasteiger partial charge in [0.2, 0.25) is 0 Å². The molecule has 1 saturated heterocycles. The lowest BCUT2D eigenvalue weighted by atomic mass is 10.0. The zero-order valence-corrected chi connectivity index (χ0v) is 17.9. The lowest BCUT2D eigenvalue weighted by Gasteiger charge is -2.24. The Morgan fingerprint density at radius 3 is 2.53 bits per heavy atom. The van der Waals surface area contributed by atoms with Crippen molar-refractivity contribution in [3.8, 4) is 11.5 Å². The minimum absolute atomic E-state index is 0.0131. The molecule has 3 aromatic rings. The number of nitrogens with two attached hydrogens (primary N) is 1. The van der Waals surface area contributed by atoms with Crippen LogP contribution in [0.1, 0.15) is 16.7 Å². The minimum atomic E-state index is -0.760. The highest BCUT2D eigenvalue weighted by atomic mass is 19.1. The standard InChI is InChI=1S/C23H25F2N5O2/c1-31-19-5-20(32-2)22(25)18(21(19)24)4-15-12-30-23-17(15)3-14(11-29-23)16(6-26)10-28-9-13-7-27-8-13/h3,5-6,10-13,27H,4,7-9,26H2,1-2H3,(H,29,30). The maximum atomic E-state index is 14.8. The van der Waals surface area contributed by atoms with Crippen LogP contribution in [0.2, 0.25) is 0 Å². The van der Waals surface area contributed by atoms with Crippen LogP contribution in [0.25, 0.3) is 16.6 Å². The smallest absolute Gasteiger partial charge is 0.171 e. The predicted molar refractivity (Wildman–Crippen MR) is 120 cm³/mol. The summed E-state index contributed by atoms with van der Waals surface area (Å²) in [5.74, 6) is -1.13. The van der Waals surface area contributed by atoms with Crippen molar-refractivity contribution in [1.82, 2.24) is 15.3 Å². The molecule has 1 aliphatic rings. The van der Waals surface area contributed by atoms with Gasteiger partial charge < -0.3 is 25.5 Å². The first-order valence-electron chi connectivity index (χ1n) is 10.2. The number of halogens is 2. The molecule has 0 unspecified atom stereocenters. The van der Waals surface area contributed by atoms with Gasteiger partial charge in [-0.25, -0.2) is 13.8 Å². The number of aliphatic imine (C=N–C) groups is 1. The second-order valence-corrected chi connectivity index (χ2v) is 7.64. The number of benzene rings is 1. The Morgan fingerprint density at radius 1 is 1.22 bits per heavy atom. The van der Waals surface area contributed by atoms with Crippen molar-refractivity contribution in [2.45, 2.75) is 6.42 Å². The van der Waals surface area contributed by atoms with Gasteiger partial charge in [0, 0.05) is 84.9 Å². The van der Waals surface area contributed by atoms with Crippen molar-refractivity contribution in [1.29, 1.82) is 0 Å². The summed E-state index contributed by atoms with van der Waals surface area (Å²) >= 11 is 0. The van der Waals surface area contributed by atoms with Crippen molar-refractivity contribution in [3.63, 3.8) is 0 Å². The van der Waals surface area contributed by atoms with Gasteiger partial charge in [0.05, 0.1) is 14.2 Å². The molecular formula is C23H25F2N5O2. The molecule has 0 atom stereocenters. The topological polar surface area (TPSA) is 97.5 Å². The molecule has 0 aliphatic carbocycles. The molecule has 32 heavy (non-hydrogen) atoms. The Balaban J connectivity index is 1.66. The van der Waals surface area contributed by atoms with E-state index in [4.69, 9.17) is 15.2 Å². The Bertz CT molecular complexity index is 1160. The third-order valence-corrected chi connectivity index (χ3v) is 5.62. The highest BCUT2D eigenvalue weighted by Gasteiger charge is 2.21. The number of nitrogens with zero attached hydrogens (tertiary/aromatic N) is 2. The van der Waals surface area contributed by atoms with Crippen molar-refractivity contribution in [3.05, 3.63) is 59.1 Å². The zero-order valence-electron chi connectivity index (χ0n) is 17.9. The van der Waals surface area contributed by atoms with Crippen LogP contribution in [0.3, 0.4) is 0 Å². The van der Waals surface area contributed by atoms with Crippen molar-refractivity contribution in [2.24, 2.45) is 16.6 Å². The molecule has 9 heteroatoms. The van der Waals surface area contributed by atoms with Crippen LogP contribution in [0.15, 0.2) is 35.7 Å². The first-order chi connectivity index (χ1) is 15.5. The fourth-order valence-corrected chi connectivity index (χ4v) is 3.64. The van der Waals surface area contributed by atoms with Gasteiger partial charge in [-0.1, -0.05) is 0 Å². The van der Waals surface area contributed by atoms with Crippen LogP contribution in [-0.4, -0.2) is 50.0 Å². The van der Waals surface area contributed by atoms with E-state index in [0.717, 1.165) is 36.2 Å². The van der Waals surface area contributed by atoms with Gasteiger partial charge in [0.1, 0.15) is 5.65 Å². The predicted octanol–water partition coefficient (Wildman–Crippen LogP) is 3.04. The van der Waals surface area contributed by atoms with E-state index in [-0.39, 0.29) is 23.5 Å². The molecule has 0 spiro atoms. The average Bonchev–Trinajstić information content (AvgIpc) is 3.17. The Kier molecular flexibility index (Phi) is 6.36. The number of hydrogen-bond acceptors (Lipinski definition) is 6. The number of fused-ring (bicyclic) bond motifs is 1. The van der Waals surface area contributed by atoms with Gasteiger partial charge in [-0.2, -0.15) is 0 Å².